The van der Waals surface area contributed by atoms with E-state index in [2.05, 4.69) is 24.8 Å². The van der Waals surface area contributed by atoms with Gasteiger partial charge in [-0.3, -0.25) is 0 Å². The van der Waals surface area contributed by atoms with Crippen molar-refractivity contribution in [2.45, 2.75) is 26.2 Å². The van der Waals surface area contributed by atoms with Crippen LogP contribution in [0.2, 0.25) is 0 Å². The molecule has 8 heavy (non-hydrogen) atoms. The fourth-order valence-electron chi connectivity index (χ4n) is 0.523. The van der Waals surface area contributed by atoms with Crippen LogP contribution in [0.15, 0.2) is 0 Å². The van der Waals surface area contributed by atoms with Crippen LogP contribution in [0.5, 0.6) is 0 Å². The normalized spacial score (nSPS) is 10.0. The predicted octanol–water partition coefficient (Wildman–Crippen LogP) is 2.51. The van der Waals surface area contributed by atoms with Crippen LogP contribution in [0.25, 0.3) is 0 Å². The van der Waals surface area contributed by atoms with Crippen LogP contribution in [0.1, 0.15) is 26.2 Å². The zero-order valence-electron chi connectivity index (χ0n) is 6.11. The standard InChI is InChI=1S/C7H16S/c1-4-5-6-7-8(2)3/h7H,4-6H2,1-3H3. The predicted molar refractivity (Wildman–Crippen MR) is 45.0 cm³/mol. The molecule has 0 aliphatic heterocycles. The monoisotopic (exact) mass is 132 g/mol. The lowest BCUT2D eigenvalue weighted by Gasteiger charge is -1.90. The van der Waals surface area contributed by atoms with Gasteiger partial charge in [-0.05, 0) is 25.4 Å². The van der Waals surface area contributed by atoms with E-state index in [1.807, 2.05) is 0 Å². The molecule has 0 rings (SSSR count). The molecule has 0 heterocycles. The molecule has 0 amide bonds. The molecule has 1 heteroatoms. The van der Waals surface area contributed by atoms with Crippen molar-refractivity contribution in [1.29, 1.82) is 0 Å². The molecule has 0 nitrogen and oxygen atoms in total. The Labute approximate surface area is 55.2 Å². The molecule has 0 saturated heterocycles. The number of hydrogen-bond donors (Lipinski definition) is 0. The minimum absolute atomic E-state index is 0.558. The van der Waals surface area contributed by atoms with Crippen LogP contribution in [-0.4, -0.2) is 17.9 Å². The first-order chi connectivity index (χ1) is 3.77. The van der Waals surface area contributed by atoms with Gasteiger partial charge in [-0.15, -0.1) is 0 Å². The Morgan fingerprint density at radius 2 is 2.00 bits per heavy atom. The Balaban J connectivity index is 3.03. The van der Waals surface area contributed by atoms with Crippen LogP contribution in [0.4, 0.5) is 0 Å². The highest BCUT2D eigenvalue weighted by molar-refractivity contribution is 8.13. The van der Waals surface area contributed by atoms with Crippen LogP contribution in [0.3, 0.4) is 0 Å². The second-order valence-corrected chi connectivity index (χ2v) is 4.28. The summed E-state index contributed by atoms with van der Waals surface area (Å²) in [4.78, 5) is 0. The molecule has 0 N–H and O–H groups in total. The molecule has 50 valence electrons. The summed E-state index contributed by atoms with van der Waals surface area (Å²) >= 11 is 0. The van der Waals surface area contributed by atoms with E-state index in [9.17, 15) is 0 Å². The van der Waals surface area contributed by atoms with Gasteiger partial charge in [0.15, 0.2) is 0 Å². The first-order valence-corrected chi connectivity index (χ1v) is 5.27. The second kappa shape index (κ2) is 5.36. The minimum atomic E-state index is 0.558. The van der Waals surface area contributed by atoms with Crippen molar-refractivity contribution in [2.24, 2.45) is 0 Å². The highest BCUT2D eigenvalue weighted by Gasteiger charge is 1.77. The third kappa shape index (κ3) is 6.22. The maximum Gasteiger partial charge on any atom is -0.0239 e. The fraction of sp³-hybridized carbons (Fsp3) is 0.857. The lowest BCUT2D eigenvalue weighted by molar-refractivity contribution is 0.846. The van der Waals surface area contributed by atoms with Gasteiger partial charge in [0, 0.05) is 0 Å². The Bertz CT molecular complexity index is 70.5. The van der Waals surface area contributed by atoms with E-state index in [0.29, 0.717) is 10.5 Å². The summed E-state index contributed by atoms with van der Waals surface area (Å²) < 4.78 is 0. The van der Waals surface area contributed by atoms with Gasteiger partial charge < -0.3 is 0 Å². The van der Waals surface area contributed by atoms with Gasteiger partial charge >= 0.3 is 0 Å². The van der Waals surface area contributed by atoms with E-state index in [1.54, 1.807) is 0 Å². The van der Waals surface area contributed by atoms with Gasteiger partial charge in [0.1, 0.15) is 0 Å². The fourth-order valence-corrected chi connectivity index (χ4v) is 1.16. The van der Waals surface area contributed by atoms with E-state index in [1.165, 1.54) is 19.3 Å². The molecule has 0 saturated carbocycles. The minimum Gasteiger partial charge on any atom is -0.196 e. The molecule has 0 aliphatic rings. The topological polar surface area (TPSA) is 0 Å². The van der Waals surface area contributed by atoms with E-state index in [4.69, 9.17) is 0 Å². The van der Waals surface area contributed by atoms with Crippen molar-refractivity contribution >= 4 is 15.9 Å². The maximum atomic E-state index is 2.41. The van der Waals surface area contributed by atoms with Crippen LogP contribution >= 0.6 is 10.5 Å². The molecule has 0 aliphatic carbocycles. The third-order valence-corrected chi connectivity index (χ3v) is 1.91. The maximum absolute atomic E-state index is 2.41. The van der Waals surface area contributed by atoms with Gasteiger partial charge in [-0.1, -0.05) is 18.7 Å². The molecule has 0 atom stereocenters. The molecule has 0 aromatic rings. The molecular weight excluding hydrogens is 116 g/mol. The SMILES string of the molecule is CCCCC=S(C)C. The molecule has 0 spiro atoms. The largest absolute Gasteiger partial charge is 0.196 e. The van der Waals surface area contributed by atoms with Crippen molar-refractivity contribution in [2.75, 3.05) is 12.5 Å². The summed E-state index contributed by atoms with van der Waals surface area (Å²) in [5, 5.41) is 2.41. The van der Waals surface area contributed by atoms with Gasteiger partial charge in [0.05, 0.1) is 0 Å². The Hall–Kier alpha value is 0.220. The number of rotatable bonds is 3. The molecular formula is C7H16S. The second-order valence-electron chi connectivity index (χ2n) is 2.19. The summed E-state index contributed by atoms with van der Waals surface area (Å²) in [6, 6.07) is 0. The van der Waals surface area contributed by atoms with Crippen molar-refractivity contribution in [3.05, 3.63) is 0 Å². The average molecular weight is 132 g/mol. The highest BCUT2D eigenvalue weighted by Crippen LogP contribution is 1.99. The Kier molecular flexibility index (Phi) is 5.51. The van der Waals surface area contributed by atoms with E-state index in [0.717, 1.165) is 0 Å². The van der Waals surface area contributed by atoms with Crippen LogP contribution < -0.4 is 0 Å². The summed E-state index contributed by atoms with van der Waals surface area (Å²) in [6.07, 6.45) is 8.52. The van der Waals surface area contributed by atoms with E-state index >= 15 is 0 Å². The van der Waals surface area contributed by atoms with Crippen LogP contribution in [-0.2, 0) is 0 Å². The van der Waals surface area contributed by atoms with Crippen molar-refractivity contribution in [1.82, 2.24) is 0 Å². The molecule has 0 aromatic heterocycles. The lowest BCUT2D eigenvalue weighted by atomic mass is 10.3. The van der Waals surface area contributed by atoms with Crippen molar-refractivity contribution in [3.63, 3.8) is 0 Å². The van der Waals surface area contributed by atoms with E-state index in [-0.39, 0.29) is 0 Å². The van der Waals surface area contributed by atoms with Gasteiger partial charge in [-0.25, -0.2) is 0 Å². The van der Waals surface area contributed by atoms with Crippen molar-refractivity contribution < 1.29 is 0 Å². The first kappa shape index (κ1) is 8.22. The smallest absolute Gasteiger partial charge is 0.0239 e. The lowest BCUT2D eigenvalue weighted by Crippen LogP contribution is -1.74. The van der Waals surface area contributed by atoms with Gasteiger partial charge in [0.2, 0.25) is 0 Å². The quantitative estimate of drug-likeness (QED) is 0.409. The summed E-state index contributed by atoms with van der Waals surface area (Å²) in [7, 11) is 0.558. The zero-order valence-corrected chi connectivity index (χ0v) is 6.92. The third-order valence-electron chi connectivity index (χ3n) is 1.01. The Morgan fingerprint density at radius 1 is 1.38 bits per heavy atom. The van der Waals surface area contributed by atoms with Crippen LogP contribution in [0, 0.1) is 0 Å². The molecule has 0 fully saturated rings. The number of unbranched alkanes of at least 4 members (excludes halogenated alkanes) is 2. The highest BCUT2D eigenvalue weighted by atomic mass is 32.2. The summed E-state index contributed by atoms with van der Waals surface area (Å²) in [5.41, 5.74) is 0. The molecule has 0 radical (unpaired) electrons. The summed E-state index contributed by atoms with van der Waals surface area (Å²) in [6.45, 7) is 2.23. The Morgan fingerprint density at radius 3 is 2.38 bits per heavy atom. The molecule has 0 unspecified atom stereocenters. The van der Waals surface area contributed by atoms with Crippen molar-refractivity contribution in [3.8, 4) is 0 Å². The average Bonchev–Trinajstić information content (AvgIpc) is 1.66. The summed E-state index contributed by atoms with van der Waals surface area (Å²) in [5.74, 6) is 0. The molecule has 0 bridgehead atoms. The zero-order chi connectivity index (χ0) is 6.41. The van der Waals surface area contributed by atoms with E-state index < -0.39 is 0 Å². The first-order valence-electron chi connectivity index (χ1n) is 3.17. The van der Waals surface area contributed by atoms with Gasteiger partial charge in [0.25, 0.3) is 0 Å². The van der Waals surface area contributed by atoms with Gasteiger partial charge in [-0.2, -0.15) is 10.5 Å². The molecule has 0 aromatic carbocycles. The number of hydrogen-bond acceptors (Lipinski definition) is 0.